The number of hydrogen-bond donors (Lipinski definition) is 0. The zero-order chi connectivity index (χ0) is 14.6. The summed E-state index contributed by atoms with van der Waals surface area (Å²) < 4.78 is -0.556. The predicted octanol–water partition coefficient (Wildman–Crippen LogP) is 6.98. The predicted molar refractivity (Wildman–Crippen MR) is 90.5 cm³/mol. The Hall–Kier alpha value is 0.580. The average molecular weight is 319 g/mol. The molecule has 3 rings (SSSR count). The largest absolute Gasteiger partial charge is 0.112 e. The first kappa shape index (κ1) is 16.9. The van der Waals surface area contributed by atoms with Crippen LogP contribution >= 0.6 is 23.2 Å². The molecule has 0 bridgehead atoms. The highest BCUT2D eigenvalue weighted by Gasteiger charge is 2.38. The number of fused-ring (bicyclic) bond motifs is 1. The van der Waals surface area contributed by atoms with Crippen LogP contribution in [0, 0.1) is 23.7 Å². The van der Waals surface area contributed by atoms with E-state index in [1.165, 1.54) is 25.2 Å². The van der Waals surface area contributed by atoms with Gasteiger partial charge in [0.25, 0.3) is 0 Å². The van der Waals surface area contributed by atoms with Gasteiger partial charge in [0.05, 0.1) is 0 Å². The summed E-state index contributed by atoms with van der Waals surface area (Å²) in [6.45, 7) is 3.44. The zero-order valence-electron chi connectivity index (χ0n) is 13.3. The van der Waals surface area contributed by atoms with E-state index >= 15 is 0 Å². The maximum absolute atomic E-state index is 5.30. The van der Waals surface area contributed by atoms with Crippen LogP contribution in [0.5, 0.6) is 0 Å². The lowest BCUT2D eigenvalue weighted by atomic mass is 9.75. The zero-order valence-corrected chi connectivity index (χ0v) is 14.9. The fourth-order valence-electron chi connectivity index (χ4n) is 4.82. The molecule has 0 amide bonds. The van der Waals surface area contributed by atoms with Crippen LogP contribution in [0.2, 0.25) is 0 Å². The molecule has 0 spiro atoms. The van der Waals surface area contributed by atoms with Crippen LogP contribution in [0.4, 0.5) is 0 Å². The number of alkyl halides is 2. The van der Waals surface area contributed by atoms with Crippen molar-refractivity contribution in [1.29, 1.82) is 0 Å². The molecule has 0 aromatic rings. The first-order chi connectivity index (χ1) is 9.43. The molecule has 118 valence electrons. The third-order valence-corrected chi connectivity index (χ3v) is 5.59. The second-order valence-electron chi connectivity index (χ2n) is 7.76. The molecule has 0 aromatic carbocycles. The lowest BCUT2D eigenvalue weighted by Crippen LogP contribution is -2.20. The maximum atomic E-state index is 5.30. The van der Waals surface area contributed by atoms with Gasteiger partial charge in [0.15, 0.2) is 0 Å². The second kappa shape index (κ2) is 7.73. The molecule has 0 radical (unpaired) electrons. The quantitative estimate of drug-likeness (QED) is 0.481. The molecular weight excluding hydrogens is 287 g/mol. The molecule has 3 fully saturated rings. The lowest BCUT2D eigenvalue weighted by molar-refractivity contribution is 0.204. The van der Waals surface area contributed by atoms with Crippen molar-refractivity contribution in [2.24, 2.45) is 23.7 Å². The Kier molecular flexibility index (Phi) is 6.54. The van der Waals surface area contributed by atoms with E-state index in [9.17, 15) is 0 Å². The molecular formula is C18H32Cl2. The SMILES string of the molecule is C1CCC(CC2CCC3CCCCC32)C1.CC(C)(Cl)Cl. The first-order valence-corrected chi connectivity index (χ1v) is 9.57. The molecule has 3 unspecified atom stereocenters. The van der Waals surface area contributed by atoms with Gasteiger partial charge in [-0.15, -0.1) is 23.2 Å². The molecule has 3 saturated carbocycles. The smallest absolute Gasteiger partial charge is 0.102 e. The van der Waals surface area contributed by atoms with Crippen molar-refractivity contribution in [1.82, 2.24) is 0 Å². The standard InChI is InChI=1S/C15H26.C3H6Cl2/c1-2-6-12(5-1)11-14-10-9-13-7-3-4-8-15(13)14;1-3(2,4)5/h12-15H,1-11H2;1-2H3. The Morgan fingerprint density at radius 2 is 1.35 bits per heavy atom. The van der Waals surface area contributed by atoms with Gasteiger partial charge in [-0.1, -0.05) is 44.9 Å². The fraction of sp³-hybridized carbons (Fsp3) is 1.00. The summed E-state index contributed by atoms with van der Waals surface area (Å²) in [6, 6.07) is 0. The molecule has 0 nitrogen and oxygen atoms in total. The summed E-state index contributed by atoms with van der Waals surface area (Å²) in [5.74, 6) is 4.61. The van der Waals surface area contributed by atoms with E-state index < -0.39 is 4.33 Å². The summed E-state index contributed by atoms with van der Waals surface area (Å²) in [4.78, 5) is 0. The van der Waals surface area contributed by atoms with Crippen LogP contribution in [0.25, 0.3) is 0 Å². The van der Waals surface area contributed by atoms with E-state index in [-0.39, 0.29) is 0 Å². The summed E-state index contributed by atoms with van der Waals surface area (Å²) in [6.07, 6.45) is 17.2. The number of halogens is 2. The van der Waals surface area contributed by atoms with Crippen molar-refractivity contribution < 1.29 is 0 Å². The monoisotopic (exact) mass is 318 g/mol. The summed E-state index contributed by atoms with van der Waals surface area (Å²) in [5, 5.41) is 0. The van der Waals surface area contributed by atoms with Crippen molar-refractivity contribution in [3.8, 4) is 0 Å². The van der Waals surface area contributed by atoms with Gasteiger partial charge in [-0.2, -0.15) is 0 Å². The van der Waals surface area contributed by atoms with Gasteiger partial charge in [-0.05, 0) is 63.2 Å². The highest BCUT2D eigenvalue weighted by Crippen LogP contribution is 2.49. The van der Waals surface area contributed by atoms with E-state index in [4.69, 9.17) is 23.2 Å². The molecule has 0 saturated heterocycles. The van der Waals surface area contributed by atoms with Crippen LogP contribution in [-0.4, -0.2) is 4.33 Å². The van der Waals surface area contributed by atoms with Gasteiger partial charge < -0.3 is 0 Å². The molecule has 3 aliphatic carbocycles. The molecule has 3 aliphatic rings. The van der Waals surface area contributed by atoms with E-state index in [1.807, 2.05) is 0 Å². The number of rotatable bonds is 2. The Morgan fingerprint density at radius 1 is 0.800 bits per heavy atom. The maximum Gasteiger partial charge on any atom is 0.112 e. The van der Waals surface area contributed by atoms with E-state index in [1.54, 1.807) is 65.2 Å². The van der Waals surface area contributed by atoms with Gasteiger partial charge >= 0.3 is 0 Å². The fourth-order valence-corrected chi connectivity index (χ4v) is 4.82. The van der Waals surface area contributed by atoms with E-state index in [0.29, 0.717) is 0 Å². The Labute approximate surface area is 136 Å². The third-order valence-electron chi connectivity index (χ3n) is 5.59. The molecule has 0 aromatic heterocycles. The van der Waals surface area contributed by atoms with Crippen LogP contribution in [0.15, 0.2) is 0 Å². The van der Waals surface area contributed by atoms with Crippen molar-refractivity contribution in [3.05, 3.63) is 0 Å². The van der Waals surface area contributed by atoms with Gasteiger partial charge in [0.1, 0.15) is 4.33 Å². The van der Waals surface area contributed by atoms with Gasteiger partial charge in [0, 0.05) is 0 Å². The van der Waals surface area contributed by atoms with Crippen LogP contribution in [0.3, 0.4) is 0 Å². The lowest BCUT2D eigenvalue weighted by Gasteiger charge is -2.30. The van der Waals surface area contributed by atoms with Gasteiger partial charge in [0.2, 0.25) is 0 Å². The molecule has 2 heteroatoms. The van der Waals surface area contributed by atoms with Crippen LogP contribution in [-0.2, 0) is 0 Å². The van der Waals surface area contributed by atoms with Crippen LogP contribution in [0.1, 0.15) is 84.5 Å². The van der Waals surface area contributed by atoms with E-state index in [2.05, 4.69) is 0 Å². The highest BCUT2D eigenvalue weighted by molar-refractivity contribution is 6.47. The summed E-state index contributed by atoms with van der Waals surface area (Å²) >= 11 is 10.6. The number of hydrogen-bond acceptors (Lipinski definition) is 0. The van der Waals surface area contributed by atoms with Crippen molar-refractivity contribution in [3.63, 3.8) is 0 Å². The first-order valence-electron chi connectivity index (χ1n) is 8.81. The second-order valence-corrected chi connectivity index (χ2v) is 9.84. The van der Waals surface area contributed by atoms with Crippen LogP contribution < -0.4 is 0 Å². The minimum Gasteiger partial charge on any atom is -0.102 e. The molecule has 0 N–H and O–H groups in total. The van der Waals surface area contributed by atoms with Crippen molar-refractivity contribution >= 4 is 23.2 Å². The normalized spacial score (nSPS) is 34.5. The molecule has 20 heavy (non-hydrogen) atoms. The minimum absolute atomic E-state index is 0.556. The highest BCUT2D eigenvalue weighted by atomic mass is 35.5. The topological polar surface area (TPSA) is 0 Å². The van der Waals surface area contributed by atoms with Gasteiger partial charge in [-0.3, -0.25) is 0 Å². The third kappa shape index (κ3) is 5.76. The Balaban J connectivity index is 0.000000257. The van der Waals surface area contributed by atoms with Crippen molar-refractivity contribution in [2.75, 3.05) is 0 Å². The molecule has 3 atom stereocenters. The van der Waals surface area contributed by atoms with Gasteiger partial charge in [-0.25, -0.2) is 0 Å². The van der Waals surface area contributed by atoms with E-state index in [0.717, 1.165) is 17.8 Å². The Bertz CT molecular complexity index is 270. The molecule has 0 aliphatic heterocycles. The summed E-state index contributed by atoms with van der Waals surface area (Å²) in [5.41, 5.74) is 0. The van der Waals surface area contributed by atoms with Crippen molar-refractivity contribution in [2.45, 2.75) is 88.8 Å². The minimum atomic E-state index is -0.556. The average Bonchev–Trinajstić information content (AvgIpc) is 2.98. The Morgan fingerprint density at radius 3 is 2.00 bits per heavy atom. The molecule has 0 heterocycles. The summed E-state index contributed by atoms with van der Waals surface area (Å²) in [7, 11) is 0.